The quantitative estimate of drug-likeness (QED) is 0.688. The Morgan fingerprint density at radius 2 is 1.53 bits per heavy atom. The summed E-state index contributed by atoms with van der Waals surface area (Å²) >= 11 is -0.583. The maximum atomic E-state index is 2.42. The van der Waals surface area contributed by atoms with Gasteiger partial charge in [-0.2, -0.15) is 0 Å². The van der Waals surface area contributed by atoms with Crippen molar-refractivity contribution in [2.24, 2.45) is 5.41 Å². The second kappa shape index (κ2) is 5.53. The Morgan fingerprint density at radius 1 is 0.947 bits per heavy atom. The van der Waals surface area contributed by atoms with Gasteiger partial charge in [-0.05, 0) is 0 Å². The standard InChI is InChI=1S/C10H15.C8H9.Zr/c1-7-6-10(4,5)9(3)8(7)2;1-2-8-6-4-3-5-7-8;/h1-5H3;2-7H,1H3;. The first kappa shape index (κ1) is 15.0. The number of hydrogen-bond donors (Lipinski definition) is 0. The number of benzene rings is 1. The Bertz CT molecular complexity index is 532. The van der Waals surface area contributed by atoms with Crippen LogP contribution in [0.5, 0.6) is 0 Å². The van der Waals surface area contributed by atoms with E-state index in [0.29, 0.717) is 5.41 Å². The summed E-state index contributed by atoms with van der Waals surface area (Å²) in [7, 11) is 0. The van der Waals surface area contributed by atoms with E-state index in [4.69, 9.17) is 0 Å². The Hall–Kier alpha value is -0.417. The van der Waals surface area contributed by atoms with Crippen molar-refractivity contribution in [3.8, 4) is 0 Å². The summed E-state index contributed by atoms with van der Waals surface area (Å²) in [5.74, 6) is 0. The number of allylic oxidation sites excluding steroid dienone is 4. The van der Waals surface area contributed by atoms with Gasteiger partial charge in [0.05, 0.1) is 0 Å². The van der Waals surface area contributed by atoms with Crippen molar-refractivity contribution in [3.05, 3.63) is 55.9 Å². The summed E-state index contributed by atoms with van der Waals surface area (Å²) in [6.07, 6.45) is 0. The fourth-order valence-electron chi connectivity index (χ4n) is 2.92. The van der Waals surface area contributed by atoms with Crippen molar-refractivity contribution in [2.75, 3.05) is 0 Å². The molecule has 2 rings (SSSR count). The first-order chi connectivity index (χ1) is 8.85. The molecule has 19 heavy (non-hydrogen) atoms. The van der Waals surface area contributed by atoms with Crippen LogP contribution in [0, 0.1) is 5.41 Å². The molecule has 0 saturated carbocycles. The van der Waals surface area contributed by atoms with Crippen LogP contribution < -0.4 is 0 Å². The predicted octanol–water partition coefficient (Wildman–Crippen LogP) is 5.48. The molecule has 0 saturated heterocycles. The molecule has 0 nitrogen and oxygen atoms in total. The van der Waals surface area contributed by atoms with Crippen molar-refractivity contribution in [1.29, 1.82) is 0 Å². The summed E-state index contributed by atoms with van der Waals surface area (Å²) in [5, 5.41) is 0. The van der Waals surface area contributed by atoms with Gasteiger partial charge in [0.25, 0.3) is 0 Å². The van der Waals surface area contributed by atoms with E-state index in [1.165, 1.54) is 5.56 Å². The molecule has 1 aliphatic carbocycles. The van der Waals surface area contributed by atoms with Gasteiger partial charge in [-0.1, -0.05) is 0 Å². The average Bonchev–Trinajstić information content (AvgIpc) is 2.55. The third kappa shape index (κ3) is 2.73. The van der Waals surface area contributed by atoms with Gasteiger partial charge in [0.1, 0.15) is 0 Å². The molecule has 1 aliphatic rings. The molecule has 1 unspecified atom stereocenters. The van der Waals surface area contributed by atoms with Crippen LogP contribution in [0.2, 0.25) is 0 Å². The Labute approximate surface area is 129 Å². The second-order valence-corrected chi connectivity index (χ2v) is 10.2. The van der Waals surface area contributed by atoms with Gasteiger partial charge in [0.2, 0.25) is 0 Å². The third-order valence-corrected chi connectivity index (χ3v) is 9.77. The SMILES string of the molecule is CC1=C(C)C(C)(C)[C]([Zr][CH](C)c2ccccc2)=C1C. The first-order valence-electron chi connectivity index (χ1n) is 7.07. The molecule has 0 heterocycles. The summed E-state index contributed by atoms with van der Waals surface area (Å²) in [6, 6.07) is 11.0. The molecule has 0 amide bonds. The molecule has 1 atom stereocenters. The van der Waals surface area contributed by atoms with Crippen LogP contribution in [0.4, 0.5) is 0 Å². The van der Waals surface area contributed by atoms with Gasteiger partial charge in [0, 0.05) is 0 Å². The average molecular weight is 332 g/mol. The van der Waals surface area contributed by atoms with Gasteiger partial charge < -0.3 is 0 Å². The fourth-order valence-corrected chi connectivity index (χ4v) is 7.21. The molecule has 0 bridgehead atoms. The Kier molecular flexibility index (Phi) is 4.36. The molecule has 0 spiro atoms. The van der Waals surface area contributed by atoms with Gasteiger partial charge in [-0.25, -0.2) is 0 Å². The van der Waals surface area contributed by atoms with Crippen LogP contribution in [0.1, 0.15) is 50.7 Å². The van der Waals surface area contributed by atoms with Crippen LogP contribution >= 0.6 is 0 Å². The van der Waals surface area contributed by atoms with Crippen LogP contribution in [0.15, 0.2) is 50.3 Å². The Morgan fingerprint density at radius 3 is 2.00 bits per heavy atom. The van der Waals surface area contributed by atoms with E-state index in [9.17, 15) is 0 Å². The molecule has 0 radical (unpaired) electrons. The molecule has 0 aromatic heterocycles. The van der Waals surface area contributed by atoms with Crippen LogP contribution in [-0.4, -0.2) is 0 Å². The molecular weight excluding hydrogens is 307 g/mol. The van der Waals surface area contributed by atoms with E-state index in [0.717, 1.165) is 3.63 Å². The van der Waals surface area contributed by atoms with Crippen molar-refractivity contribution < 1.29 is 23.2 Å². The van der Waals surface area contributed by atoms with E-state index in [1.54, 1.807) is 20.0 Å². The minimum absolute atomic E-state index is 0.309. The summed E-state index contributed by atoms with van der Waals surface area (Å²) < 4.78 is 2.55. The van der Waals surface area contributed by atoms with Crippen LogP contribution in [-0.2, 0) is 23.2 Å². The maximum absolute atomic E-state index is 2.42. The molecule has 0 N–H and O–H groups in total. The Balaban J connectivity index is 2.26. The van der Waals surface area contributed by atoms with Crippen LogP contribution in [0.3, 0.4) is 0 Å². The minimum atomic E-state index is -0.583. The first-order valence-corrected chi connectivity index (χ1v) is 9.71. The molecule has 0 aliphatic heterocycles. The molecule has 1 aromatic rings. The van der Waals surface area contributed by atoms with E-state index < -0.39 is 23.2 Å². The molecular formula is C18H24Zr. The normalized spacial score (nSPS) is 19.9. The van der Waals surface area contributed by atoms with Crippen molar-refractivity contribution in [3.63, 3.8) is 0 Å². The van der Waals surface area contributed by atoms with Crippen LogP contribution in [0.25, 0.3) is 0 Å². The zero-order valence-corrected chi connectivity index (χ0v) is 15.4. The zero-order chi connectivity index (χ0) is 14.2. The van der Waals surface area contributed by atoms with Gasteiger partial charge in [-0.15, -0.1) is 0 Å². The fraction of sp³-hybridized carbons (Fsp3) is 0.444. The molecule has 100 valence electrons. The zero-order valence-electron chi connectivity index (χ0n) is 13.0. The molecule has 1 heteroatoms. The monoisotopic (exact) mass is 330 g/mol. The van der Waals surface area contributed by atoms with Crippen molar-refractivity contribution in [2.45, 2.75) is 45.2 Å². The summed E-state index contributed by atoms with van der Waals surface area (Å²) in [5.41, 5.74) is 6.55. The van der Waals surface area contributed by atoms with Gasteiger partial charge in [0.15, 0.2) is 0 Å². The van der Waals surface area contributed by atoms with Crippen molar-refractivity contribution >= 4 is 0 Å². The molecule has 0 fully saturated rings. The topological polar surface area (TPSA) is 0 Å². The second-order valence-electron chi connectivity index (χ2n) is 6.15. The summed E-state index contributed by atoms with van der Waals surface area (Å²) in [4.78, 5) is 0. The summed E-state index contributed by atoms with van der Waals surface area (Å²) in [6.45, 7) is 14.2. The van der Waals surface area contributed by atoms with E-state index >= 15 is 0 Å². The third-order valence-electron chi connectivity index (χ3n) is 4.72. The van der Waals surface area contributed by atoms with E-state index in [2.05, 4.69) is 71.9 Å². The number of rotatable bonds is 3. The number of hydrogen-bond acceptors (Lipinski definition) is 0. The van der Waals surface area contributed by atoms with Gasteiger partial charge >= 0.3 is 130 Å². The van der Waals surface area contributed by atoms with Gasteiger partial charge in [-0.3, -0.25) is 0 Å². The predicted molar refractivity (Wildman–Crippen MR) is 79.7 cm³/mol. The van der Waals surface area contributed by atoms with E-state index in [-0.39, 0.29) is 0 Å². The van der Waals surface area contributed by atoms with Crippen molar-refractivity contribution in [1.82, 2.24) is 0 Å². The van der Waals surface area contributed by atoms with E-state index in [1.807, 2.05) is 0 Å². The molecule has 1 aromatic carbocycles.